The summed E-state index contributed by atoms with van der Waals surface area (Å²) < 4.78 is 0. The summed E-state index contributed by atoms with van der Waals surface area (Å²) >= 11 is 0. The average molecular weight is 181 g/mol. The van der Waals surface area contributed by atoms with Crippen LogP contribution in [-0.4, -0.2) is 17.5 Å². The molecule has 1 aliphatic rings. The van der Waals surface area contributed by atoms with Gasteiger partial charge in [-0.05, 0) is 46.0 Å². The van der Waals surface area contributed by atoms with Gasteiger partial charge in [-0.2, -0.15) is 0 Å². The molecule has 0 heterocycles. The maximum Gasteiger partial charge on any atom is 0.0230 e. The first kappa shape index (κ1) is 10.6. The van der Waals surface area contributed by atoms with Gasteiger partial charge in [0, 0.05) is 18.3 Å². The van der Waals surface area contributed by atoms with E-state index < -0.39 is 0 Å². The molecule has 0 aromatic carbocycles. The smallest absolute Gasteiger partial charge is 0.0230 e. The highest BCUT2D eigenvalue weighted by atomic mass is 15.2. The third-order valence-electron chi connectivity index (χ3n) is 2.98. The zero-order valence-corrected chi connectivity index (χ0v) is 9.51. The van der Waals surface area contributed by atoms with Crippen molar-refractivity contribution in [3.63, 3.8) is 0 Å². The molecule has 0 saturated carbocycles. The molecule has 1 aliphatic carbocycles. The minimum atomic E-state index is 0.657. The molecule has 0 spiro atoms. The monoisotopic (exact) mass is 181 g/mol. The van der Waals surface area contributed by atoms with Crippen molar-refractivity contribution < 1.29 is 0 Å². The van der Waals surface area contributed by atoms with E-state index in [-0.39, 0.29) is 0 Å². The predicted octanol–water partition coefficient (Wildman–Crippen LogP) is 3.42. The number of allylic oxidation sites excluding steroid dienone is 2. The summed E-state index contributed by atoms with van der Waals surface area (Å²) in [7, 11) is 0. The molecule has 1 nitrogen and oxygen atoms in total. The van der Waals surface area contributed by atoms with Gasteiger partial charge in [-0.3, -0.25) is 0 Å². The lowest BCUT2D eigenvalue weighted by Gasteiger charge is -2.33. The molecule has 0 bridgehead atoms. The van der Waals surface area contributed by atoms with Gasteiger partial charge in [-0.25, -0.2) is 0 Å². The fourth-order valence-corrected chi connectivity index (χ4v) is 2.11. The quantitative estimate of drug-likeness (QED) is 0.645. The first-order chi connectivity index (χ1) is 6.15. The lowest BCUT2D eigenvalue weighted by atomic mass is 9.93. The molecule has 0 saturated heterocycles. The van der Waals surface area contributed by atoms with Crippen LogP contribution < -0.4 is 0 Å². The summed E-state index contributed by atoms with van der Waals surface area (Å²) in [5.41, 5.74) is 1.58. The molecule has 0 N–H and O–H groups in total. The largest absolute Gasteiger partial charge is 0.373 e. The summed E-state index contributed by atoms with van der Waals surface area (Å²) in [6.07, 6.45) is 6.37. The lowest BCUT2D eigenvalue weighted by molar-refractivity contribution is 0.273. The Morgan fingerprint density at radius 2 is 2.23 bits per heavy atom. The first-order valence-electron chi connectivity index (χ1n) is 5.60. The molecular weight excluding hydrogens is 158 g/mol. The highest BCUT2D eigenvalue weighted by molar-refractivity contribution is 5.06. The van der Waals surface area contributed by atoms with Crippen LogP contribution in [0.5, 0.6) is 0 Å². The summed E-state index contributed by atoms with van der Waals surface area (Å²) in [5, 5.41) is 0. The fourth-order valence-electron chi connectivity index (χ4n) is 2.11. The molecule has 76 valence electrons. The Morgan fingerprint density at radius 1 is 1.54 bits per heavy atom. The van der Waals surface area contributed by atoms with Gasteiger partial charge >= 0.3 is 0 Å². The zero-order valence-electron chi connectivity index (χ0n) is 9.51. The van der Waals surface area contributed by atoms with Crippen molar-refractivity contribution in [2.45, 2.75) is 53.0 Å². The van der Waals surface area contributed by atoms with Crippen LogP contribution in [0, 0.1) is 5.92 Å². The Balaban J connectivity index is 2.59. The predicted molar refractivity (Wildman–Crippen MR) is 58.6 cm³/mol. The second-order valence-corrected chi connectivity index (χ2v) is 4.45. The SMILES string of the molecule is CCN(C1=CCC(C)CC1)C(C)C. The van der Waals surface area contributed by atoms with Crippen molar-refractivity contribution in [1.29, 1.82) is 0 Å². The lowest BCUT2D eigenvalue weighted by Crippen LogP contribution is -2.31. The van der Waals surface area contributed by atoms with E-state index in [1.165, 1.54) is 19.3 Å². The molecule has 0 amide bonds. The molecule has 0 aromatic heterocycles. The molecular formula is C12H23N. The third kappa shape index (κ3) is 2.75. The van der Waals surface area contributed by atoms with Crippen LogP contribution in [0.4, 0.5) is 0 Å². The number of hydrogen-bond donors (Lipinski definition) is 0. The van der Waals surface area contributed by atoms with Crippen LogP contribution in [0.15, 0.2) is 11.8 Å². The molecule has 0 aromatic rings. The third-order valence-corrected chi connectivity index (χ3v) is 2.98. The van der Waals surface area contributed by atoms with Gasteiger partial charge in [-0.1, -0.05) is 13.0 Å². The van der Waals surface area contributed by atoms with Crippen molar-refractivity contribution in [1.82, 2.24) is 4.90 Å². The summed E-state index contributed by atoms with van der Waals surface area (Å²) in [6.45, 7) is 10.3. The second kappa shape index (κ2) is 4.69. The van der Waals surface area contributed by atoms with E-state index >= 15 is 0 Å². The minimum absolute atomic E-state index is 0.657. The van der Waals surface area contributed by atoms with E-state index in [0.717, 1.165) is 12.5 Å². The number of rotatable bonds is 3. The molecule has 0 radical (unpaired) electrons. The summed E-state index contributed by atoms with van der Waals surface area (Å²) in [5.74, 6) is 0.898. The van der Waals surface area contributed by atoms with Gasteiger partial charge in [0.2, 0.25) is 0 Å². The van der Waals surface area contributed by atoms with Crippen LogP contribution in [-0.2, 0) is 0 Å². The van der Waals surface area contributed by atoms with Crippen molar-refractivity contribution in [2.75, 3.05) is 6.54 Å². The van der Waals surface area contributed by atoms with E-state index in [2.05, 4.69) is 38.7 Å². The molecule has 1 atom stereocenters. The topological polar surface area (TPSA) is 3.24 Å². The Kier molecular flexibility index (Phi) is 3.83. The molecule has 1 rings (SSSR count). The highest BCUT2D eigenvalue weighted by Crippen LogP contribution is 2.26. The van der Waals surface area contributed by atoms with Crippen LogP contribution in [0.2, 0.25) is 0 Å². The molecule has 0 aliphatic heterocycles. The Hall–Kier alpha value is -0.460. The average Bonchev–Trinajstić information content (AvgIpc) is 2.09. The van der Waals surface area contributed by atoms with E-state index in [9.17, 15) is 0 Å². The van der Waals surface area contributed by atoms with Gasteiger partial charge in [0.15, 0.2) is 0 Å². The van der Waals surface area contributed by atoms with Gasteiger partial charge in [0.1, 0.15) is 0 Å². The van der Waals surface area contributed by atoms with Crippen molar-refractivity contribution in [3.8, 4) is 0 Å². The number of hydrogen-bond acceptors (Lipinski definition) is 1. The van der Waals surface area contributed by atoms with Crippen molar-refractivity contribution >= 4 is 0 Å². The highest BCUT2D eigenvalue weighted by Gasteiger charge is 2.16. The first-order valence-corrected chi connectivity index (χ1v) is 5.60. The number of nitrogens with zero attached hydrogens (tertiary/aromatic N) is 1. The Labute approximate surface area is 82.8 Å². The molecule has 0 fully saturated rings. The normalized spacial score (nSPS) is 23.2. The van der Waals surface area contributed by atoms with Crippen LogP contribution >= 0.6 is 0 Å². The van der Waals surface area contributed by atoms with Crippen LogP contribution in [0.25, 0.3) is 0 Å². The summed E-state index contributed by atoms with van der Waals surface area (Å²) in [4.78, 5) is 2.52. The van der Waals surface area contributed by atoms with E-state index in [1.807, 2.05) is 0 Å². The van der Waals surface area contributed by atoms with Crippen LogP contribution in [0.3, 0.4) is 0 Å². The standard InChI is InChI=1S/C12H23N/c1-5-13(10(2)3)12-8-6-11(4)7-9-12/h8,10-11H,5-7,9H2,1-4H3. The fraction of sp³-hybridized carbons (Fsp3) is 0.833. The van der Waals surface area contributed by atoms with Gasteiger partial charge in [0.25, 0.3) is 0 Å². The minimum Gasteiger partial charge on any atom is -0.373 e. The molecule has 1 heteroatoms. The zero-order chi connectivity index (χ0) is 9.84. The molecule has 13 heavy (non-hydrogen) atoms. The van der Waals surface area contributed by atoms with E-state index in [4.69, 9.17) is 0 Å². The molecule has 1 unspecified atom stereocenters. The maximum absolute atomic E-state index is 2.52. The Morgan fingerprint density at radius 3 is 2.62 bits per heavy atom. The van der Waals surface area contributed by atoms with Gasteiger partial charge < -0.3 is 4.90 Å². The van der Waals surface area contributed by atoms with Crippen molar-refractivity contribution in [2.24, 2.45) is 5.92 Å². The van der Waals surface area contributed by atoms with Gasteiger partial charge in [-0.15, -0.1) is 0 Å². The maximum atomic E-state index is 2.52. The second-order valence-electron chi connectivity index (χ2n) is 4.45. The van der Waals surface area contributed by atoms with Gasteiger partial charge in [0.05, 0.1) is 0 Å². The van der Waals surface area contributed by atoms with E-state index in [1.54, 1.807) is 5.70 Å². The van der Waals surface area contributed by atoms with Crippen LogP contribution in [0.1, 0.15) is 47.0 Å². The Bertz CT molecular complexity index is 182. The summed E-state index contributed by atoms with van der Waals surface area (Å²) in [6, 6.07) is 0.657. The van der Waals surface area contributed by atoms with E-state index in [0.29, 0.717) is 6.04 Å². The van der Waals surface area contributed by atoms with Crippen molar-refractivity contribution in [3.05, 3.63) is 11.8 Å².